The first-order chi connectivity index (χ1) is 12.3. The van der Waals surface area contributed by atoms with E-state index in [9.17, 15) is 24.3 Å². The number of nitrogens with two attached hydrogens (primary N) is 1. The Morgan fingerprint density at radius 1 is 1.23 bits per heavy atom. The van der Waals surface area contributed by atoms with Crippen LogP contribution < -0.4 is 11.2 Å². The van der Waals surface area contributed by atoms with Crippen molar-refractivity contribution in [2.45, 2.75) is 51.0 Å². The Kier molecular flexibility index (Phi) is 9.18. The quantitative estimate of drug-likeness (QED) is 0.418. The van der Waals surface area contributed by atoms with Gasteiger partial charge in [-0.15, -0.1) is 11.6 Å². The number of carbonyl (C=O) groups excluding carboxylic acids is 3. The minimum atomic E-state index is -1.23. The average Bonchev–Trinajstić information content (AvgIpc) is 2.62. The maximum atomic E-state index is 12.7. The number of amides is 4. The van der Waals surface area contributed by atoms with Crippen molar-refractivity contribution >= 4 is 35.4 Å². The number of alkyl halides is 1. The van der Waals surface area contributed by atoms with Crippen LogP contribution in [0.25, 0.3) is 0 Å². The Balaban J connectivity index is 2.84. The summed E-state index contributed by atoms with van der Waals surface area (Å²) in [5.41, 5.74) is 7.47. The lowest BCUT2D eigenvalue weighted by Gasteiger charge is -2.32. The lowest BCUT2D eigenvalue weighted by molar-refractivity contribution is -0.142. The summed E-state index contributed by atoms with van der Waals surface area (Å²) >= 11 is 5.53. The molecule has 1 saturated carbocycles. The number of rotatable bonds is 8. The van der Waals surface area contributed by atoms with Gasteiger partial charge in [-0.1, -0.05) is 32.1 Å². The zero-order chi connectivity index (χ0) is 19.7. The van der Waals surface area contributed by atoms with Gasteiger partial charge in [-0.25, -0.2) is 4.79 Å². The molecule has 0 aliphatic heterocycles. The van der Waals surface area contributed by atoms with Crippen molar-refractivity contribution in [2.24, 2.45) is 11.7 Å². The van der Waals surface area contributed by atoms with Gasteiger partial charge in [-0.3, -0.25) is 29.7 Å². The van der Waals surface area contributed by atoms with Gasteiger partial charge in [0.25, 0.3) is 11.8 Å². The van der Waals surface area contributed by atoms with Gasteiger partial charge in [0.1, 0.15) is 11.9 Å². The molecular weight excluding hydrogens is 364 g/mol. The van der Waals surface area contributed by atoms with Crippen LogP contribution in [0.3, 0.4) is 0 Å². The number of hydrazine groups is 1. The lowest BCUT2D eigenvalue weighted by Crippen LogP contribution is -2.55. The molecule has 0 heterocycles. The summed E-state index contributed by atoms with van der Waals surface area (Å²) in [5, 5.41) is 10.2. The second-order valence-electron chi connectivity index (χ2n) is 6.52. The van der Waals surface area contributed by atoms with Crippen LogP contribution in [0.5, 0.6) is 0 Å². The van der Waals surface area contributed by atoms with Crippen LogP contribution in [-0.4, -0.2) is 64.3 Å². The molecule has 1 aliphatic carbocycles. The number of nitrogens with zero attached hydrogens (tertiary/aromatic N) is 2. The van der Waals surface area contributed by atoms with E-state index in [4.69, 9.17) is 17.3 Å². The molecule has 0 spiro atoms. The molecule has 0 bridgehead atoms. The number of carbonyl (C=O) groups is 4. The molecule has 10 heteroatoms. The van der Waals surface area contributed by atoms with E-state index in [0.717, 1.165) is 42.0 Å². The number of primary amides is 1. The van der Waals surface area contributed by atoms with E-state index in [0.29, 0.717) is 6.42 Å². The third kappa shape index (κ3) is 7.07. The molecule has 1 atom stereocenters. The van der Waals surface area contributed by atoms with Crippen molar-refractivity contribution < 1.29 is 24.3 Å². The van der Waals surface area contributed by atoms with Gasteiger partial charge in [-0.2, -0.15) is 0 Å². The molecular formula is C16H27ClN4O5. The van der Waals surface area contributed by atoms with Crippen LogP contribution in [0.4, 0.5) is 4.79 Å². The van der Waals surface area contributed by atoms with Crippen molar-refractivity contribution in [2.75, 3.05) is 19.5 Å². The molecule has 0 unspecified atom stereocenters. The summed E-state index contributed by atoms with van der Waals surface area (Å²) in [6, 6.07) is -0.935. The number of halogens is 1. The van der Waals surface area contributed by atoms with Crippen molar-refractivity contribution in [3.05, 3.63) is 0 Å². The SMILES string of the molecule is CN(C(=O)O)[C@@H](CC1CCCCC1)C(=O)NN(CCC(N)=O)C(=O)CCl. The van der Waals surface area contributed by atoms with Gasteiger partial charge >= 0.3 is 6.09 Å². The van der Waals surface area contributed by atoms with Crippen LogP contribution in [0, 0.1) is 5.92 Å². The number of likely N-dealkylation sites (N-methyl/N-ethyl adjacent to an activating group) is 1. The highest BCUT2D eigenvalue weighted by atomic mass is 35.5. The zero-order valence-corrected chi connectivity index (χ0v) is 15.7. The van der Waals surface area contributed by atoms with Crippen LogP contribution in [0.2, 0.25) is 0 Å². The highest BCUT2D eigenvalue weighted by molar-refractivity contribution is 6.27. The lowest BCUT2D eigenvalue weighted by atomic mass is 9.84. The van der Waals surface area contributed by atoms with Crippen LogP contribution >= 0.6 is 11.6 Å². The fourth-order valence-corrected chi connectivity index (χ4v) is 3.20. The van der Waals surface area contributed by atoms with Gasteiger partial charge in [-0.05, 0) is 12.3 Å². The topological polar surface area (TPSA) is 133 Å². The number of carboxylic acid groups (broad SMARTS) is 1. The summed E-state index contributed by atoms with van der Waals surface area (Å²) < 4.78 is 0. The van der Waals surface area contributed by atoms with Crippen LogP contribution in [0.1, 0.15) is 44.9 Å². The second-order valence-corrected chi connectivity index (χ2v) is 6.79. The van der Waals surface area contributed by atoms with E-state index in [1.165, 1.54) is 7.05 Å². The molecule has 148 valence electrons. The van der Waals surface area contributed by atoms with Crippen molar-refractivity contribution in [3.8, 4) is 0 Å². The van der Waals surface area contributed by atoms with E-state index in [2.05, 4.69) is 5.43 Å². The molecule has 0 aromatic carbocycles. The molecule has 1 aliphatic rings. The van der Waals surface area contributed by atoms with Crippen molar-refractivity contribution in [1.82, 2.24) is 15.3 Å². The van der Waals surface area contributed by atoms with Gasteiger partial charge in [0.05, 0.1) is 6.54 Å². The third-order valence-corrected chi connectivity index (χ3v) is 4.82. The van der Waals surface area contributed by atoms with Gasteiger partial charge in [0, 0.05) is 13.5 Å². The molecule has 0 aromatic heterocycles. The van der Waals surface area contributed by atoms with E-state index in [1.54, 1.807) is 0 Å². The van der Waals surface area contributed by atoms with E-state index < -0.39 is 29.9 Å². The van der Waals surface area contributed by atoms with E-state index in [1.807, 2.05) is 0 Å². The largest absolute Gasteiger partial charge is 0.465 e. The third-order valence-electron chi connectivity index (χ3n) is 4.60. The Bertz CT molecular complexity index is 525. The van der Waals surface area contributed by atoms with Gasteiger partial charge in [0.15, 0.2) is 0 Å². The van der Waals surface area contributed by atoms with E-state index in [-0.39, 0.29) is 24.8 Å². The number of nitrogens with one attached hydrogen (secondary N) is 1. The predicted octanol–water partition coefficient (Wildman–Crippen LogP) is 0.909. The van der Waals surface area contributed by atoms with E-state index >= 15 is 0 Å². The highest BCUT2D eigenvalue weighted by Gasteiger charge is 2.32. The average molecular weight is 391 g/mol. The molecule has 0 saturated heterocycles. The minimum absolute atomic E-state index is 0.125. The molecule has 0 aromatic rings. The van der Waals surface area contributed by atoms with Crippen LogP contribution in [0.15, 0.2) is 0 Å². The molecule has 9 nitrogen and oxygen atoms in total. The monoisotopic (exact) mass is 390 g/mol. The highest BCUT2D eigenvalue weighted by Crippen LogP contribution is 2.28. The predicted molar refractivity (Wildman–Crippen MR) is 95.2 cm³/mol. The Labute approximate surface area is 157 Å². The number of hydrogen-bond acceptors (Lipinski definition) is 4. The standard InChI is InChI=1S/C16H27ClN4O5/c1-20(16(25)26)12(9-11-5-3-2-4-6-11)15(24)19-21(14(23)10-17)8-7-13(18)22/h11-12H,2-10H2,1H3,(H2,18,22)(H,19,24)(H,25,26)/t12-/m0/s1. The first kappa shape index (κ1) is 22.0. The molecule has 4 N–H and O–H groups in total. The Morgan fingerprint density at radius 2 is 1.85 bits per heavy atom. The fraction of sp³-hybridized carbons (Fsp3) is 0.750. The van der Waals surface area contributed by atoms with Gasteiger partial charge < -0.3 is 10.8 Å². The summed E-state index contributed by atoms with van der Waals surface area (Å²) in [6.45, 7) is -0.125. The minimum Gasteiger partial charge on any atom is -0.465 e. The summed E-state index contributed by atoms with van der Waals surface area (Å²) in [6.07, 6.45) is 4.17. The van der Waals surface area contributed by atoms with Crippen molar-refractivity contribution in [1.29, 1.82) is 0 Å². The normalized spacial score (nSPS) is 15.8. The number of hydrogen-bond donors (Lipinski definition) is 3. The van der Waals surface area contributed by atoms with Crippen LogP contribution in [-0.2, 0) is 14.4 Å². The second kappa shape index (κ2) is 10.8. The fourth-order valence-electron chi connectivity index (χ4n) is 3.06. The molecule has 1 fully saturated rings. The summed E-state index contributed by atoms with van der Waals surface area (Å²) in [7, 11) is 1.33. The summed E-state index contributed by atoms with van der Waals surface area (Å²) in [4.78, 5) is 47.8. The smallest absolute Gasteiger partial charge is 0.407 e. The summed E-state index contributed by atoms with van der Waals surface area (Å²) in [5.74, 6) is -1.99. The maximum absolute atomic E-state index is 12.7. The molecule has 1 rings (SSSR count). The maximum Gasteiger partial charge on any atom is 0.407 e. The Morgan fingerprint density at radius 3 is 2.35 bits per heavy atom. The first-order valence-corrected chi connectivity index (χ1v) is 9.20. The molecule has 0 radical (unpaired) electrons. The Hall–Kier alpha value is -2.03. The zero-order valence-electron chi connectivity index (χ0n) is 14.9. The molecule has 26 heavy (non-hydrogen) atoms. The molecule has 4 amide bonds. The van der Waals surface area contributed by atoms with Crippen molar-refractivity contribution in [3.63, 3.8) is 0 Å². The van der Waals surface area contributed by atoms with Gasteiger partial charge in [0.2, 0.25) is 5.91 Å². The first-order valence-electron chi connectivity index (χ1n) is 8.67.